The van der Waals surface area contributed by atoms with Gasteiger partial charge in [0.1, 0.15) is 5.15 Å². The van der Waals surface area contributed by atoms with E-state index in [1.165, 1.54) is 0 Å². The van der Waals surface area contributed by atoms with Crippen LogP contribution in [0, 0.1) is 0 Å². The molecular weight excluding hydrogens is 479 g/mol. The van der Waals surface area contributed by atoms with Crippen molar-refractivity contribution in [1.29, 1.82) is 0 Å². The van der Waals surface area contributed by atoms with Crippen molar-refractivity contribution in [2.24, 2.45) is 0 Å². The number of benzene rings is 1. The maximum absolute atomic E-state index is 6.25. The van der Waals surface area contributed by atoms with Crippen LogP contribution >= 0.6 is 70.7 Å². The standard InChI is InChI=1S/C12H4Br3ClN2S/c13-7-3-1-2-5-9(7)17-12(18-11(5)16)6-4-8(14)19-10(6)15/h1-4H. The highest BCUT2D eigenvalue weighted by molar-refractivity contribution is 9.12. The average Bonchev–Trinajstić information content (AvgIpc) is 2.70. The Balaban J connectivity index is 2.32. The summed E-state index contributed by atoms with van der Waals surface area (Å²) in [5.74, 6) is 0.609. The molecule has 0 amide bonds. The molecule has 0 aliphatic rings. The van der Waals surface area contributed by atoms with Crippen LogP contribution < -0.4 is 0 Å². The van der Waals surface area contributed by atoms with E-state index in [9.17, 15) is 0 Å². The minimum Gasteiger partial charge on any atom is -0.227 e. The van der Waals surface area contributed by atoms with E-state index >= 15 is 0 Å². The summed E-state index contributed by atoms with van der Waals surface area (Å²) in [4.78, 5) is 8.97. The predicted octanol–water partition coefficient (Wildman–Crippen LogP) is 6.30. The Kier molecular flexibility index (Phi) is 3.97. The van der Waals surface area contributed by atoms with Crippen LogP contribution in [-0.4, -0.2) is 9.97 Å². The minimum atomic E-state index is 0.454. The lowest BCUT2D eigenvalue weighted by Crippen LogP contribution is -1.92. The third-order valence-electron chi connectivity index (χ3n) is 2.53. The lowest BCUT2D eigenvalue weighted by molar-refractivity contribution is 1.23. The summed E-state index contributed by atoms with van der Waals surface area (Å²) in [7, 11) is 0. The molecule has 1 aromatic carbocycles. The zero-order chi connectivity index (χ0) is 13.6. The van der Waals surface area contributed by atoms with Gasteiger partial charge in [-0.1, -0.05) is 17.7 Å². The molecule has 0 saturated carbocycles. The van der Waals surface area contributed by atoms with E-state index in [0.29, 0.717) is 11.0 Å². The van der Waals surface area contributed by atoms with E-state index in [0.717, 1.165) is 28.5 Å². The highest BCUT2D eigenvalue weighted by atomic mass is 79.9. The number of thiophene rings is 1. The summed E-state index contributed by atoms with van der Waals surface area (Å²) >= 11 is 18.3. The molecule has 3 aromatic rings. The minimum absolute atomic E-state index is 0.454. The van der Waals surface area contributed by atoms with Crippen molar-refractivity contribution < 1.29 is 0 Å². The first kappa shape index (κ1) is 13.9. The second-order valence-corrected chi connectivity index (χ2v) is 8.67. The number of nitrogens with zero attached hydrogens (tertiary/aromatic N) is 2. The first-order chi connectivity index (χ1) is 9.06. The van der Waals surface area contributed by atoms with E-state index in [1.807, 2.05) is 24.3 Å². The van der Waals surface area contributed by atoms with Gasteiger partial charge in [0.2, 0.25) is 0 Å². The third-order valence-corrected chi connectivity index (χ3v) is 5.80. The summed E-state index contributed by atoms with van der Waals surface area (Å²) < 4.78 is 2.89. The summed E-state index contributed by atoms with van der Waals surface area (Å²) in [6.07, 6.45) is 0. The molecule has 0 N–H and O–H groups in total. The molecular formula is C12H4Br3ClN2S. The molecule has 0 spiro atoms. The van der Waals surface area contributed by atoms with Crippen molar-refractivity contribution in [3.63, 3.8) is 0 Å². The lowest BCUT2D eigenvalue weighted by atomic mass is 10.2. The first-order valence-electron chi connectivity index (χ1n) is 5.13. The van der Waals surface area contributed by atoms with Crippen LogP contribution in [0.15, 0.2) is 36.3 Å². The van der Waals surface area contributed by atoms with Gasteiger partial charge in [0.15, 0.2) is 5.82 Å². The summed E-state index contributed by atoms with van der Waals surface area (Å²) in [6.45, 7) is 0. The number of hydrogen-bond acceptors (Lipinski definition) is 3. The van der Waals surface area contributed by atoms with Gasteiger partial charge in [-0.05, 0) is 66.0 Å². The fraction of sp³-hybridized carbons (Fsp3) is 0. The Morgan fingerprint density at radius 3 is 2.58 bits per heavy atom. The van der Waals surface area contributed by atoms with E-state index in [4.69, 9.17) is 11.6 Å². The van der Waals surface area contributed by atoms with Gasteiger partial charge in [0.05, 0.1) is 13.1 Å². The zero-order valence-electron chi connectivity index (χ0n) is 9.12. The van der Waals surface area contributed by atoms with Crippen LogP contribution in [0.3, 0.4) is 0 Å². The molecule has 0 bridgehead atoms. The topological polar surface area (TPSA) is 25.8 Å². The van der Waals surface area contributed by atoms with Crippen molar-refractivity contribution in [2.45, 2.75) is 0 Å². The summed E-state index contributed by atoms with van der Waals surface area (Å²) in [5, 5.41) is 1.29. The highest BCUT2D eigenvalue weighted by Gasteiger charge is 2.14. The smallest absolute Gasteiger partial charge is 0.163 e. The van der Waals surface area contributed by atoms with Crippen LogP contribution in [0.2, 0.25) is 5.15 Å². The largest absolute Gasteiger partial charge is 0.227 e. The number of fused-ring (bicyclic) bond motifs is 1. The third kappa shape index (κ3) is 2.61. The molecule has 0 fully saturated rings. The molecule has 3 rings (SSSR count). The van der Waals surface area contributed by atoms with Crippen molar-refractivity contribution in [1.82, 2.24) is 9.97 Å². The summed E-state index contributed by atoms with van der Waals surface area (Å²) in [6, 6.07) is 7.74. The van der Waals surface area contributed by atoms with Crippen LogP contribution in [0.5, 0.6) is 0 Å². The van der Waals surface area contributed by atoms with Crippen LogP contribution in [0.1, 0.15) is 0 Å². The van der Waals surface area contributed by atoms with Gasteiger partial charge in [-0.15, -0.1) is 11.3 Å². The van der Waals surface area contributed by atoms with Crippen molar-refractivity contribution >= 4 is 81.6 Å². The fourth-order valence-electron chi connectivity index (χ4n) is 1.69. The molecule has 0 atom stereocenters. The molecule has 0 unspecified atom stereocenters. The molecule has 0 aliphatic carbocycles. The number of rotatable bonds is 1. The number of halogens is 4. The molecule has 2 nitrogen and oxygen atoms in total. The van der Waals surface area contributed by atoms with E-state index < -0.39 is 0 Å². The van der Waals surface area contributed by atoms with Gasteiger partial charge in [0, 0.05) is 15.4 Å². The van der Waals surface area contributed by atoms with Crippen LogP contribution in [-0.2, 0) is 0 Å². The van der Waals surface area contributed by atoms with Gasteiger partial charge in [-0.3, -0.25) is 0 Å². The van der Waals surface area contributed by atoms with Crippen molar-refractivity contribution in [2.75, 3.05) is 0 Å². The molecule has 7 heteroatoms. The van der Waals surface area contributed by atoms with Gasteiger partial charge in [0.25, 0.3) is 0 Å². The van der Waals surface area contributed by atoms with Crippen LogP contribution in [0.25, 0.3) is 22.3 Å². The van der Waals surface area contributed by atoms with Crippen molar-refractivity contribution in [3.8, 4) is 11.4 Å². The molecule has 2 aromatic heterocycles. The Bertz CT molecular complexity index is 788. The molecule has 2 heterocycles. The SMILES string of the molecule is Clc1nc(-c2cc(Br)sc2Br)nc2c(Br)cccc12. The van der Waals surface area contributed by atoms with Gasteiger partial charge >= 0.3 is 0 Å². The second kappa shape index (κ2) is 5.41. The zero-order valence-corrected chi connectivity index (χ0v) is 15.5. The average molecular weight is 483 g/mol. The summed E-state index contributed by atoms with van der Waals surface area (Å²) in [5.41, 5.74) is 1.74. The second-order valence-electron chi connectivity index (χ2n) is 3.71. The predicted molar refractivity (Wildman–Crippen MR) is 91.0 cm³/mol. The maximum atomic E-state index is 6.25. The molecule has 0 radical (unpaired) electrons. The Labute approximate surface area is 143 Å². The fourth-order valence-corrected chi connectivity index (χ4v) is 5.17. The van der Waals surface area contributed by atoms with Gasteiger partial charge in [-0.25, -0.2) is 9.97 Å². The van der Waals surface area contributed by atoms with Gasteiger partial charge < -0.3 is 0 Å². The van der Waals surface area contributed by atoms with Crippen LogP contribution in [0.4, 0.5) is 0 Å². The first-order valence-corrected chi connectivity index (χ1v) is 8.70. The molecule has 96 valence electrons. The quantitative estimate of drug-likeness (QED) is 0.380. The number of aromatic nitrogens is 2. The van der Waals surface area contributed by atoms with E-state index in [-0.39, 0.29) is 0 Å². The molecule has 0 saturated heterocycles. The lowest BCUT2D eigenvalue weighted by Gasteiger charge is -2.05. The number of hydrogen-bond donors (Lipinski definition) is 0. The molecule has 0 aliphatic heterocycles. The monoisotopic (exact) mass is 480 g/mol. The Morgan fingerprint density at radius 1 is 1.11 bits per heavy atom. The Hall–Kier alpha value is -0.0100. The highest BCUT2D eigenvalue weighted by Crippen LogP contribution is 2.38. The number of para-hydroxylation sites is 1. The Morgan fingerprint density at radius 2 is 1.89 bits per heavy atom. The van der Waals surface area contributed by atoms with E-state index in [2.05, 4.69) is 57.8 Å². The van der Waals surface area contributed by atoms with E-state index in [1.54, 1.807) is 11.3 Å². The van der Waals surface area contributed by atoms with Gasteiger partial charge in [-0.2, -0.15) is 0 Å². The van der Waals surface area contributed by atoms with Crippen molar-refractivity contribution in [3.05, 3.63) is 41.5 Å². The normalized spacial score (nSPS) is 11.2. The maximum Gasteiger partial charge on any atom is 0.163 e. The molecule has 19 heavy (non-hydrogen) atoms.